The van der Waals surface area contributed by atoms with Gasteiger partial charge in [0.25, 0.3) is 5.56 Å². The molecule has 1 aliphatic rings. The van der Waals surface area contributed by atoms with Gasteiger partial charge < -0.3 is 9.67 Å². The molecule has 0 saturated heterocycles. The van der Waals surface area contributed by atoms with Crippen LogP contribution in [0.5, 0.6) is 0 Å². The van der Waals surface area contributed by atoms with Crippen molar-refractivity contribution in [3.63, 3.8) is 0 Å². The van der Waals surface area contributed by atoms with Crippen LogP contribution in [-0.2, 0) is 18.6 Å². The first-order chi connectivity index (χ1) is 6.61. The zero-order valence-corrected chi connectivity index (χ0v) is 8.43. The van der Waals surface area contributed by atoms with Crippen LogP contribution in [0.25, 0.3) is 0 Å². The number of carboxylic acids is 1. The fourth-order valence-corrected chi connectivity index (χ4v) is 2.71. The maximum Gasteiger partial charge on any atom is 0.341 e. The summed E-state index contributed by atoms with van der Waals surface area (Å²) in [4.78, 5) is 22.3. The summed E-state index contributed by atoms with van der Waals surface area (Å²) in [7, 11) is 1.62. The lowest BCUT2D eigenvalue weighted by Crippen LogP contribution is -2.26. The second kappa shape index (κ2) is 3.16. The minimum Gasteiger partial charge on any atom is -0.477 e. The summed E-state index contributed by atoms with van der Waals surface area (Å²) in [5.41, 5.74) is 1.37. The first kappa shape index (κ1) is 9.33. The number of pyridine rings is 1. The van der Waals surface area contributed by atoms with Crippen LogP contribution in [0.15, 0.2) is 10.9 Å². The Balaban J connectivity index is 2.73. The predicted molar refractivity (Wildman–Crippen MR) is 53.6 cm³/mol. The van der Waals surface area contributed by atoms with Gasteiger partial charge in [0.1, 0.15) is 5.56 Å². The van der Waals surface area contributed by atoms with Crippen LogP contribution >= 0.6 is 11.8 Å². The number of carbonyl (C=O) groups is 1. The van der Waals surface area contributed by atoms with E-state index in [1.54, 1.807) is 18.8 Å². The molecule has 2 heterocycles. The zero-order chi connectivity index (χ0) is 10.3. The maximum absolute atomic E-state index is 11.5. The van der Waals surface area contributed by atoms with Gasteiger partial charge >= 0.3 is 5.97 Å². The van der Waals surface area contributed by atoms with Crippen LogP contribution in [-0.4, -0.2) is 15.6 Å². The number of rotatable bonds is 1. The highest BCUT2D eigenvalue weighted by Crippen LogP contribution is 2.28. The van der Waals surface area contributed by atoms with Gasteiger partial charge in [-0.1, -0.05) is 0 Å². The monoisotopic (exact) mass is 211 g/mol. The Morgan fingerprint density at radius 2 is 2.29 bits per heavy atom. The highest BCUT2D eigenvalue weighted by atomic mass is 32.2. The van der Waals surface area contributed by atoms with Crippen LogP contribution in [0.2, 0.25) is 0 Å². The van der Waals surface area contributed by atoms with Gasteiger partial charge in [-0.3, -0.25) is 4.79 Å². The van der Waals surface area contributed by atoms with Crippen molar-refractivity contribution in [2.24, 2.45) is 7.05 Å². The standard InChI is InChI=1S/C9H9NO3S/c1-10-7-4-14-3-5(7)2-6(8(10)11)9(12)13/h2H,3-4H2,1H3,(H,12,13). The van der Waals surface area contributed by atoms with Crippen molar-refractivity contribution in [2.45, 2.75) is 11.5 Å². The van der Waals surface area contributed by atoms with Crippen LogP contribution in [0.3, 0.4) is 0 Å². The van der Waals surface area contributed by atoms with E-state index >= 15 is 0 Å². The van der Waals surface area contributed by atoms with Crippen LogP contribution in [0.1, 0.15) is 21.6 Å². The summed E-state index contributed by atoms with van der Waals surface area (Å²) in [5, 5.41) is 8.80. The molecule has 2 rings (SSSR count). The van der Waals surface area contributed by atoms with E-state index in [9.17, 15) is 9.59 Å². The lowest BCUT2D eigenvalue weighted by molar-refractivity contribution is 0.0694. The molecule has 0 unspecified atom stereocenters. The van der Waals surface area contributed by atoms with Gasteiger partial charge in [-0.15, -0.1) is 0 Å². The highest BCUT2D eigenvalue weighted by molar-refractivity contribution is 7.98. The van der Waals surface area contributed by atoms with Crippen molar-refractivity contribution < 1.29 is 9.90 Å². The number of carboxylic acid groups (broad SMARTS) is 1. The van der Waals surface area contributed by atoms with Gasteiger partial charge in [0, 0.05) is 24.2 Å². The molecule has 0 radical (unpaired) electrons. The number of aromatic carboxylic acids is 1. The van der Waals surface area contributed by atoms with Crippen molar-refractivity contribution in [2.75, 3.05) is 0 Å². The maximum atomic E-state index is 11.5. The molecular formula is C9H9NO3S. The van der Waals surface area contributed by atoms with E-state index in [1.165, 1.54) is 10.6 Å². The van der Waals surface area contributed by atoms with E-state index in [4.69, 9.17) is 5.11 Å². The molecule has 5 heteroatoms. The number of fused-ring (bicyclic) bond motifs is 1. The van der Waals surface area contributed by atoms with Gasteiger partial charge in [0.15, 0.2) is 0 Å². The molecule has 0 aliphatic carbocycles. The van der Waals surface area contributed by atoms with E-state index in [2.05, 4.69) is 0 Å². The molecule has 0 spiro atoms. The zero-order valence-electron chi connectivity index (χ0n) is 7.61. The van der Waals surface area contributed by atoms with E-state index in [0.29, 0.717) is 0 Å². The lowest BCUT2D eigenvalue weighted by atomic mass is 10.1. The Bertz CT molecular complexity index is 464. The molecule has 0 fully saturated rings. The molecule has 1 aromatic rings. The molecule has 14 heavy (non-hydrogen) atoms. The third-order valence-corrected chi connectivity index (χ3v) is 3.35. The predicted octanol–water partition coefficient (Wildman–Crippen LogP) is 0.830. The third kappa shape index (κ3) is 1.24. The molecule has 1 aromatic heterocycles. The molecule has 1 N–H and O–H groups in total. The van der Waals surface area contributed by atoms with Gasteiger partial charge in [0.2, 0.25) is 0 Å². The van der Waals surface area contributed by atoms with Gasteiger partial charge in [-0.05, 0) is 11.6 Å². The molecule has 0 aromatic carbocycles. The molecule has 1 aliphatic heterocycles. The van der Waals surface area contributed by atoms with E-state index in [1.807, 2.05) is 0 Å². The van der Waals surface area contributed by atoms with E-state index in [-0.39, 0.29) is 5.56 Å². The normalized spacial score (nSPS) is 14.1. The summed E-state index contributed by atoms with van der Waals surface area (Å²) >= 11 is 1.69. The van der Waals surface area contributed by atoms with Crippen LogP contribution < -0.4 is 5.56 Å². The van der Waals surface area contributed by atoms with Gasteiger partial charge in [-0.25, -0.2) is 4.79 Å². The fraction of sp³-hybridized carbons (Fsp3) is 0.333. The summed E-state index contributed by atoms with van der Waals surface area (Å²) in [6.45, 7) is 0. The summed E-state index contributed by atoms with van der Waals surface area (Å²) in [6, 6.07) is 1.50. The summed E-state index contributed by atoms with van der Waals surface area (Å²) in [6.07, 6.45) is 0. The van der Waals surface area contributed by atoms with Crippen molar-refractivity contribution in [3.8, 4) is 0 Å². The molecule has 0 amide bonds. The second-order valence-corrected chi connectivity index (χ2v) is 4.18. The molecule has 0 saturated carbocycles. The third-order valence-electron chi connectivity index (χ3n) is 2.36. The van der Waals surface area contributed by atoms with E-state index in [0.717, 1.165) is 22.8 Å². The molecule has 74 valence electrons. The first-order valence-electron chi connectivity index (χ1n) is 4.14. The van der Waals surface area contributed by atoms with Crippen LogP contribution in [0.4, 0.5) is 0 Å². The molecule has 0 bridgehead atoms. The minimum atomic E-state index is -1.15. The number of aromatic nitrogens is 1. The number of thioether (sulfide) groups is 1. The van der Waals surface area contributed by atoms with Crippen molar-refractivity contribution in [1.82, 2.24) is 4.57 Å². The minimum absolute atomic E-state index is 0.131. The second-order valence-electron chi connectivity index (χ2n) is 3.19. The van der Waals surface area contributed by atoms with Crippen molar-refractivity contribution >= 4 is 17.7 Å². The average molecular weight is 211 g/mol. The summed E-state index contributed by atoms with van der Waals surface area (Å²) < 4.78 is 1.44. The Kier molecular flexibility index (Phi) is 2.11. The van der Waals surface area contributed by atoms with Crippen LogP contribution in [0, 0.1) is 0 Å². The first-order valence-corrected chi connectivity index (χ1v) is 5.29. The Hall–Kier alpha value is -1.23. The molecule has 4 nitrogen and oxygen atoms in total. The van der Waals surface area contributed by atoms with E-state index < -0.39 is 11.5 Å². The quantitative estimate of drug-likeness (QED) is 0.747. The smallest absolute Gasteiger partial charge is 0.341 e. The number of hydrogen-bond acceptors (Lipinski definition) is 3. The Morgan fingerprint density at radius 3 is 2.93 bits per heavy atom. The Labute approximate surface area is 84.6 Å². The average Bonchev–Trinajstić information content (AvgIpc) is 2.58. The van der Waals surface area contributed by atoms with Gasteiger partial charge in [0.05, 0.1) is 0 Å². The Morgan fingerprint density at radius 1 is 1.57 bits per heavy atom. The lowest BCUT2D eigenvalue weighted by Gasteiger charge is -2.06. The SMILES string of the molecule is Cn1c2c(cc(C(=O)O)c1=O)CSC2. The summed E-state index contributed by atoms with van der Waals surface area (Å²) in [5.74, 6) is 0.440. The molecular weight excluding hydrogens is 202 g/mol. The number of nitrogens with zero attached hydrogens (tertiary/aromatic N) is 1. The fourth-order valence-electron chi connectivity index (χ4n) is 1.56. The highest BCUT2D eigenvalue weighted by Gasteiger charge is 2.20. The largest absolute Gasteiger partial charge is 0.477 e. The van der Waals surface area contributed by atoms with Crippen molar-refractivity contribution in [1.29, 1.82) is 0 Å². The van der Waals surface area contributed by atoms with Gasteiger partial charge in [-0.2, -0.15) is 11.8 Å². The topological polar surface area (TPSA) is 59.3 Å². The number of hydrogen-bond donors (Lipinski definition) is 1. The molecule has 0 atom stereocenters. The van der Waals surface area contributed by atoms with Crippen molar-refractivity contribution in [3.05, 3.63) is 33.2 Å².